The van der Waals surface area contributed by atoms with Crippen molar-refractivity contribution in [2.75, 3.05) is 6.54 Å². The molecule has 4 heteroatoms. The Bertz CT molecular complexity index is 505. The van der Waals surface area contributed by atoms with Gasteiger partial charge in [-0.15, -0.1) is 6.42 Å². The van der Waals surface area contributed by atoms with E-state index in [0.29, 0.717) is 5.56 Å². The van der Waals surface area contributed by atoms with Crippen LogP contribution in [0.4, 0.5) is 9.18 Å². The average molecular weight is 260 g/mol. The molecule has 1 aliphatic rings. The summed E-state index contributed by atoms with van der Waals surface area (Å²) in [6, 6.07) is 6.21. The molecule has 3 nitrogen and oxygen atoms in total. The molecule has 19 heavy (non-hydrogen) atoms. The molecule has 0 aliphatic heterocycles. The van der Waals surface area contributed by atoms with E-state index in [2.05, 4.69) is 11.2 Å². The van der Waals surface area contributed by atoms with E-state index in [4.69, 9.17) is 6.42 Å². The summed E-state index contributed by atoms with van der Waals surface area (Å²) < 4.78 is 13.8. The highest BCUT2D eigenvalue weighted by Gasteiger charge is 2.36. The van der Waals surface area contributed by atoms with E-state index in [1.807, 2.05) is 6.92 Å². The van der Waals surface area contributed by atoms with Gasteiger partial charge in [0, 0.05) is 11.6 Å². The third-order valence-electron chi connectivity index (χ3n) is 3.29. The minimum Gasteiger partial charge on any atom is -0.327 e. The zero-order valence-electron chi connectivity index (χ0n) is 10.9. The fourth-order valence-corrected chi connectivity index (χ4v) is 2.19. The first-order chi connectivity index (χ1) is 9.15. The minimum atomic E-state index is -0.300. The minimum absolute atomic E-state index is 0.187. The van der Waals surface area contributed by atoms with Crippen LogP contribution in [-0.2, 0) is 0 Å². The Labute approximate surface area is 112 Å². The SMILES string of the molecule is C#CCNC(=O)N(C1CC1)C(C)c1ccccc1F. The molecule has 0 spiro atoms. The van der Waals surface area contributed by atoms with Gasteiger partial charge in [-0.1, -0.05) is 24.1 Å². The molecule has 1 saturated carbocycles. The molecule has 1 N–H and O–H groups in total. The third kappa shape index (κ3) is 3.05. The topological polar surface area (TPSA) is 32.3 Å². The fourth-order valence-electron chi connectivity index (χ4n) is 2.19. The number of terminal acetylenes is 1. The molecule has 0 aromatic heterocycles. The molecule has 2 rings (SSSR count). The number of benzene rings is 1. The van der Waals surface area contributed by atoms with Crippen molar-refractivity contribution in [3.05, 3.63) is 35.6 Å². The molecular weight excluding hydrogens is 243 g/mol. The van der Waals surface area contributed by atoms with Crippen LogP contribution in [0.1, 0.15) is 31.4 Å². The standard InChI is InChI=1S/C15H17FN2O/c1-3-10-17-15(19)18(12-8-9-12)11(2)13-6-4-5-7-14(13)16/h1,4-7,11-12H,8-10H2,2H3,(H,17,19). The lowest BCUT2D eigenvalue weighted by atomic mass is 10.1. The lowest BCUT2D eigenvalue weighted by Crippen LogP contribution is -2.43. The zero-order chi connectivity index (χ0) is 13.8. The van der Waals surface area contributed by atoms with E-state index >= 15 is 0 Å². The number of carbonyl (C=O) groups excluding carboxylic acids is 1. The molecular formula is C15H17FN2O. The van der Waals surface area contributed by atoms with Crippen molar-refractivity contribution in [1.82, 2.24) is 10.2 Å². The van der Waals surface area contributed by atoms with Crippen LogP contribution in [0.25, 0.3) is 0 Å². The Balaban J connectivity index is 2.18. The van der Waals surface area contributed by atoms with Crippen LogP contribution < -0.4 is 5.32 Å². The van der Waals surface area contributed by atoms with Crippen molar-refractivity contribution in [2.45, 2.75) is 31.8 Å². The number of hydrogen-bond acceptors (Lipinski definition) is 1. The zero-order valence-corrected chi connectivity index (χ0v) is 10.9. The van der Waals surface area contributed by atoms with Crippen molar-refractivity contribution in [3.8, 4) is 12.3 Å². The Morgan fingerprint density at radius 1 is 1.58 bits per heavy atom. The van der Waals surface area contributed by atoms with Gasteiger partial charge in [-0.05, 0) is 25.8 Å². The molecule has 0 saturated heterocycles. The normalized spacial score (nSPS) is 15.4. The molecule has 1 aliphatic carbocycles. The first kappa shape index (κ1) is 13.4. The molecule has 1 fully saturated rings. The van der Waals surface area contributed by atoms with Crippen molar-refractivity contribution < 1.29 is 9.18 Å². The van der Waals surface area contributed by atoms with Gasteiger partial charge in [0.1, 0.15) is 5.82 Å². The molecule has 1 aromatic carbocycles. The van der Waals surface area contributed by atoms with Crippen molar-refractivity contribution >= 4 is 6.03 Å². The smallest absolute Gasteiger partial charge is 0.318 e. The van der Waals surface area contributed by atoms with Crippen LogP contribution in [0.2, 0.25) is 0 Å². The molecule has 0 bridgehead atoms. The summed E-state index contributed by atoms with van der Waals surface area (Å²) in [6.45, 7) is 2.03. The Morgan fingerprint density at radius 3 is 2.84 bits per heavy atom. The molecule has 100 valence electrons. The van der Waals surface area contributed by atoms with Crippen LogP contribution in [0.3, 0.4) is 0 Å². The fraction of sp³-hybridized carbons (Fsp3) is 0.400. The summed E-state index contributed by atoms with van der Waals surface area (Å²) in [4.78, 5) is 13.8. The molecule has 2 amide bonds. The van der Waals surface area contributed by atoms with Gasteiger partial charge >= 0.3 is 6.03 Å². The summed E-state index contributed by atoms with van der Waals surface area (Å²) in [5.41, 5.74) is 0.533. The van der Waals surface area contributed by atoms with E-state index in [9.17, 15) is 9.18 Å². The number of rotatable bonds is 4. The van der Waals surface area contributed by atoms with Crippen molar-refractivity contribution in [2.24, 2.45) is 0 Å². The molecule has 1 unspecified atom stereocenters. The van der Waals surface area contributed by atoms with Crippen LogP contribution in [0.15, 0.2) is 24.3 Å². The second kappa shape index (κ2) is 5.75. The molecule has 1 aromatic rings. The lowest BCUT2D eigenvalue weighted by Gasteiger charge is -2.29. The quantitative estimate of drug-likeness (QED) is 0.829. The number of amides is 2. The number of nitrogens with one attached hydrogen (secondary N) is 1. The highest BCUT2D eigenvalue weighted by atomic mass is 19.1. The summed E-state index contributed by atoms with van der Waals surface area (Å²) in [6.07, 6.45) is 7.06. The Morgan fingerprint density at radius 2 is 2.26 bits per heavy atom. The largest absolute Gasteiger partial charge is 0.327 e. The van der Waals surface area contributed by atoms with E-state index in [1.165, 1.54) is 6.07 Å². The van der Waals surface area contributed by atoms with Crippen LogP contribution in [0.5, 0.6) is 0 Å². The number of nitrogens with zero attached hydrogens (tertiary/aromatic N) is 1. The highest BCUT2D eigenvalue weighted by Crippen LogP contribution is 2.34. The summed E-state index contributed by atoms with van der Waals surface area (Å²) in [7, 11) is 0. The number of carbonyl (C=O) groups is 1. The number of halogens is 1. The predicted octanol–water partition coefficient (Wildman–Crippen LogP) is 2.69. The molecule has 0 radical (unpaired) electrons. The third-order valence-corrected chi connectivity index (χ3v) is 3.29. The average Bonchev–Trinajstić information content (AvgIpc) is 3.21. The van der Waals surface area contributed by atoms with Gasteiger partial charge in [0.05, 0.1) is 12.6 Å². The van der Waals surface area contributed by atoms with Gasteiger partial charge in [0.2, 0.25) is 0 Å². The van der Waals surface area contributed by atoms with Crippen molar-refractivity contribution in [1.29, 1.82) is 0 Å². The van der Waals surface area contributed by atoms with E-state index < -0.39 is 0 Å². The maximum Gasteiger partial charge on any atom is 0.318 e. The van der Waals surface area contributed by atoms with Gasteiger partial charge in [-0.3, -0.25) is 0 Å². The van der Waals surface area contributed by atoms with Gasteiger partial charge in [0.25, 0.3) is 0 Å². The van der Waals surface area contributed by atoms with Crippen LogP contribution in [-0.4, -0.2) is 23.5 Å². The Hall–Kier alpha value is -2.02. The molecule has 1 atom stereocenters. The van der Waals surface area contributed by atoms with Crippen LogP contribution >= 0.6 is 0 Å². The van der Waals surface area contributed by atoms with E-state index in [-0.39, 0.29) is 30.5 Å². The predicted molar refractivity (Wildman–Crippen MR) is 71.9 cm³/mol. The van der Waals surface area contributed by atoms with Crippen LogP contribution in [0, 0.1) is 18.2 Å². The first-order valence-electron chi connectivity index (χ1n) is 6.39. The highest BCUT2D eigenvalue weighted by molar-refractivity contribution is 5.75. The second-order valence-corrected chi connectivity index (χ2v) is 4.70. The van der Waals surface area contributed by atoms with Gasteiger partial charge in [-0.2, -0.15) is 0 Å². The number of urea groups is 1. The maximum atomic E-state index is 13.8. The second-order valence-electron chi connectivity index (χ2n) is 4.70. The summed E-state index contributed by atoms with van der Waals surface area (Å²) in [5.74, 6) is 2.08. The first-order valence-corrected chi connectivity index (χ1v) is 6.39. The van der Waals surface area contributed by atoms with Crippen molar-refractivity contribution in [3.63, 3.8) is 0 Å². The summed E-state index contributed by atoms with van der Waals surface area (Å²) in [5, 5.41) is 2.65. The van der Waals surface area contributed by atoms with E-state index in [0.717, 1.165) is 12.8 Å². The van der Waals surface area contributed by atoms with Gasteiger partial charge in [-0.25, -0.2) is 9.18 Å². The molecule has 0 heterocycles. The Kier molecular flexibility index (Phi) is 4.06. The summed E-state index contributed by atoms with van der Waals surface area (Å²) >= 11 is 0. The monoisotopic (exact) mass is 260 g/mol. The number of hydrogen-bond donors (Lipinski definition) is 1. The van der Waals surface area contributed by atoms with E-state index in [1.54, 1.807) is 23.1 Å². The maximum absolute atomic E-state index is 13.8. The van der Waals surface area contributed by atoms with Gasteiger partial charge < -0.3 is 10.2 Å². The van der Waals surface area contributed by atoms with Gasteiger partial charge in [0.15, 0.2) is 0 Å². The lowest BCUT2D eigenvalue weighted by molar-refractivity contribution is 0.175.